The molecule has 0 saturated carbocycles. The number of fused-ring (bicyclic) bond motifs is 1. The third-order valence-electron chi connectivity index (χ3n) is 3.17. The molecule has 3 rings (SSSR count). The van der Waals surface area contributed by atoms with Gasteiger partial charge < -0.3 is 10.6 Å². The van der Waals surface area contributed by atoms with Gasteiger partial charge in [-0.2, -0.15) is 0 Å². The second kappa shape index (κ2) is 5.45. The average molecular weight is 337 g/mol. The monoisotopic (exact) mass is 336 g/mol. The molecule has 2 N–H and O–H groups in total. The standard InChI is InChI=1S/C14H13BrN2OS/c15-12-4-6-19-13(12)14(18)17-11-2-1-9-3-5-16-8-10(9)7-11/h1-2,4,6-7,16H,3,5,8H2,(H,17,18). The molecule has 0 unspecified atom stereocenters. The van der Waals surface area contributed by atoms with Crippen LogP contribution < -0.4 is 10.6 Å². The number of benzene rings is 1. The molecular formula is C14H13BrN2OS. The van der Waals surface area contributed by atoms with Crippen molar-refractivity contribution in [3.63, 3.8) is 0 Å². The first-order chi connectivity index (χ1) is 9.24. The van der Waals surface area contributed by atoms with Crippen molar-refractivity contribution >= 4 is 38.9 Å². The Kier molecular flexibility index (Phi) is 3.68. The summed E-state index contributed by atoms with van der Waals surface area (Å²) < 4.78 is 0.842. The smallest absolute Gasteiger partial charge is 0.266 e. The van der Waals surface area contributed by atoms with Gasteiger partial charge in [0.1, 0.15) is 4.88 Å². The molecule has 1 aromatic carbocycles. The first-order valence-corrected chi connectivity index (χ1v) is 7.78. The zero-order valence-corrected chi connectivity index (χ0v) is 12.6. The molecule has 0 spiro atoms. The lowest BCUT2D eigenvalue weighted by Gasteiger charge is -2.18. The average Bonchev–Trinajstić information content (AvgIpc) is 2.85. The quantitative estimate of drug-likeness (QED) is 0.882. The summed E-state index contributed by atoms with van der Waals surface area (Å²) in [6.45, 7) is 1.91. The van der Waals surface area contributed by atoms with Gasteiger partial charge in [0.25, 0.3) is 5.91 Å². The predicted molar refractivity (Wildman–Crippen MR) is 81.8 cm³/mol. The van der Waals surface area contributed by atoms with Crippen molar-refractivity contribution in [2.24, 2.45) is 0 Å². The van der Waals surface area contributed by atoms with Crippen LogP contribution in [0.1, 0.15) is 20.8 Å². The summed E-state index contributed by atoms with van der Waals surface area (Å²) in [6, 6.07) is 8.02. The highest BCUT2D eigenvalue weighted by molar-refractivity contribution is 9.10. The fourth-order valence-corrected chi connectivity index (χ4v) is 3.65. The number of anilines is 1. The normalized spacial score (nSPS) is 13.9. The molecule has 3 nitrogen and oxygen atoms in total. The first kappa shape index (κ1) is 12.8. The molecule has 5 heteroatoms. The Labute approximate surface area is 124 Å². The Hall–Kier alpha value is -1.17. The lowest BCUT2D eigenvalue weighted by atomic mass is 10.0. The maximum absolute atomic E-state index is 12.1. The second-order valence-electron chi connectivity index (χ2n) is 4.46. The number of halogens is 1. The molecule has 0 radical (unpaired) electrons. The van der Waals surface area contributed by atoms with Gasteiger partial charge in [0.2, 0.25) is 0 Å². The number of hydrogen-bond donors (Lipinski definition) is 2. The maximum atomic E-state index is 12.1. The van der Waals surface area contributed by atoms with E-state index in [4.69, 9.17) is 0 Å². The molecule has 19 heavy (non-hydrogen) atoms. The summed E-state index contributed by atoms with van der Waals surface area (Å²) in [6.07, 6.45) is 1.06. The van der Waals surface area contributed by atoms with Crippen LogP contribution in [-0.2, 0) is 13.0 Å². The Balaban J connectivity index is 1.80. The maximum Gasteiger partial charge on any atom is 0.266 e. The van der Waals surface area contributed by atoms with Crippen molar-refractivity contribution in [2.45, 2.75) is 13.0 Å². The number of carbonyl (C=O) groups is 1. The van der Waals surface area contributed by atoms with Gasteiger partial charge in [-0.25, -0.2) is 0 Å². The molecule has 0 bridgehead atoms. The molecule has 0 fully saturated rings. The molecule has 0 saturated heterocycles. The number of amides is 1. The Bertz CT molecular complexity index is 624. The van der Waals surface area contributed by atoms with E-state index in [0.29, 0.717) is 4.88 Å². The van der Waals surface area contributed by atoms with Crippen LogP contribution in [0.25, 0.3) is 0 Å². The van der Waals surface area contributed by atoms with Gasteiger partial charge in [-0.05, 0) is 63.6 Å². The minimum absolute atomic E-state index is 0.0643. The SMILES string of the molecule is O=C(Nc1ccc2c(c1)CNCC2)c1sccc1Br. The number of thiophene rings is 1. The van der Waals surface area contributed by atoms with Crippen LogP contribution in [0.5, 0.6) is 0 Å². The fraction of sp³-hybridized carbons (Fsp3) is 0.214. The van der Waals surface area contributed by atoms with Gasteiger partial charge in [0, 0.05) is 16.7 Å². The van der Waals surface area contributed by atoms with E-state index in [1.165, 1.54) is 22.5 Å². The highest BCUT2D eigenvalue weighted by Gasteiger charge is 2.13. The van der Waals surface area contributed by atoms with Crippen LogP contribution in [0.2, 0.25) is 0 Å². The van der Waals surface area contributed by atoms with E-state index in [9.17, 15) is 4.79 Å². The van der Waals surface area contributed by atoms with Crippen LogP contribution in [-0.4, -0.2) is 12.5 Å². The molecule has 1 aliphatic heterocycles. The van der Waals surface area contributed by atoms with Gasteiger partial charge in [0.05, 0.1) is 0 Å². The van der Waals surface area contributed by atoms with Gasteiger partial charge in [-0.1, -0.05) is 6.07 Å². The van der Waals surface area contributed by atoms with Crippen molar-refractivity contribution in [1.82, 2.24) is 5.32 Å². The van der Waals surface area contributed by atoms with E-state index in [1.807, 2.05) is 17.5 Å². The topological polar surface area (TPSA) is 41.1 Å². The Morgan fingerprint density at radius 2 is 2.21 bits per heavy atom. The summed E-state index contributed by atoms with van der Waals surface area (Å²) in [5.41, 5.74) is 3.50. The third kappa shape index (κ3) is 2.73. The van der Waals surface area contributed by atoms with E-state index in [2.05, 4.69) is 38.7 Å². The van der Waals surface area contributed by atoms with Crippen LogP contribution in [0.15, 0.2) is 34.1 Å². The van der Waals surface area contributed by atoms with Crippen LogP contribution in [0.3, 0.4) is 0 Å². The summed E-state index contributed by atoms with van der Waals surface area (Å²) in [4.78, 5) is 12.8. The molecule has 0 aliphatic carbocycles. The fourth-order valence-electron chi connectivity index (χ4n) is 2.20. The van der Waals surface area contributed by atoms with Crippen LogP contribution in [0, 0.1) is 0 Å². The van der Waals surface area contributed by atoms with E-state index in [0.717, 1.165) is 29.7 Å². The molecule has 2 aromatic rings. The van der Waals surface area contributed by atoms with Crippen molar-refractivity contribution in [3.05, 3.63) is 50.1 Å². The number of carbonyl (C=O) groups excluding carboxylic acids is 1. The lowest BCUT2D eigenvalue weighted by Crippen LogP contribution is -2.23. The summed E-state index contributed by atoms with van der Waals surface area (Å²) in [7, 11) is 0. The highest BCUT2D eigenvalue weighted by Crippen LogP contribution is 2.25. The second-order valence-corrected chi connectivity index (χ2v) is 6.23. The third-order valence-corrected chi connectivity index (χ3v) is 5.01. The Morgan fingerprint density at radius 1 is 1.32 bits per heavy atom. The van der Waals surface area contributed by atoms with Gasteiger partial charge in [0.15, 0.2) is 0 Å². The van der Waals surface area contributed by atoms with Crippen molar-refractivity contribution in [3.8, 4) is 0 Å². The van der Waals surface area contributed by atoms with Gasteiger partial charge >= 0.3 is 0 Å². The largest absolute Gasteiger partial charge is 0.321 e. The summed E-state index contributed by atoms with van der Waals surface area (Å²) in [5.74, 6) is -0.0643. The minimum Gasteiger partial charge on any atom is -0.321 e. The number of nitrogens with one attached hydrogen (secondary N) is 2. The van der Waals surface area contributed by atoms with Crippen LogP contribution >= 0.6 is 27.3 Å². The van der Waals surface area contributed by atoms with Crippen molar-refractivity contribution < 1.29 is 4.79 Å². The molecule has 1 aromatic heterocycles. The van der Waals surface area contributed by atoms with E-state index in [-0.39, 0.29) is 5.91 Å². The molecular weight excluding hydrogens is 324 g/mol. The zero-order valence-electron chi connectivity index (χ0n) is 10.2. The highest BCUT2D eigenvalue weighted by atomic mass is 79.9. The summed E-state index contributed by atoms with van der Waals surface area (Å²) in [5, 5.41) is 8.19. The number of hydrogen-bond acceptors (Lipinski definition) is 3. The molecule has 1 amide bonds. The van der Waals surface area contributed by atoms with E-state index < -0.39 is 0 Å². The first-order valence-electron chi connectivity index (χ1n) is 6.11. The van der Waals surface area contributed by atoms with E-state index >= 15 is 0 Å². The predicted octanol–water partition coefficient (Wildman–Crippen LogP) is 3.41. The molecule has 1 aliphatic rings. The molecule has 98 valence electrons. The molecule has 0 atom stereocenters. The Morgan fingerprint density at radius 3 is 3.00 bits per heavy atom. The van der Waals surface area contributed by atoms with Gasteiger partial charge in [-0.3, -0.25) is 4.79 Å². The van der Waals surface area contributed by atoms with E-state index in [1.54, 1.807) is 0 Å². The van der Waals surface area contributed by atoms with Crippen molar-refractivity contribution in [2.75, 3.05) is 11.9 Å². The van der Waals surface area contributed by atoms with Gasteiger partial charge in [-0.15, -0.1) is 11.3 Å². The minimum atomic E-state index is -0.0643. The molecule has 2 heterocycles. The lowest BCUT2D eigenvalue weighted by molar-refractivity contribution is 0.103. The van der Waals surface area contributed by atoms with Crippen LogP contribution in [0.4, 0.5) is 5.69 Å². The summed E-state index contributed by atoms with van der Waals surface area (Å²) >= 11 is 4.81. The van der Waals surface area contributed by atoms with Crippen molar-refractivity contribution in [1.29, 1.82) is 0 Å². The zero-order chi connectivity index (χ0) is 13.2. The number of rotatable bonds is 2.